The number of benzene rings is 1. The van der Waals surface area contributed by atoms with Gasteiger partial charge in [-0.25, -0.2) is 4.98 Å². The minimum atomic E-state index is 0.00281. The number of aromatic nitrogens is 2. The Bertz CT molecular complexity index is 1180. The predicted molar refractivity (Wildman–Crippen MR) is 124 cm³/mol. The molecule has 0 atom stereocenters. The highest BCUT2D eigenvalue weighted by molar-refractivity contribution is 7.18. The number of carbonyl (C=O) groups excluding carboxylic acids is 1. The summed E-state index contributed by atoms with van der Waals surface area (Å²) < 4.78 is 0. The Labute approximate surface area is 185 Å². The number of nitrogens with one attached hydrogen (secondary N) is 1. The van der Waals surface area contributed by atoms with Gasteiger partial charge < -0.3 is 9.88 Å². The number of carbonyl (C=O) groups is 1. The van der Waals surface area contributed by atoms with Crippen LogP contribution in [0.15, 0.2) is 23.0 Å². The molecule has 1 aromatic carbocycles. The smallest absolute Gasteiger partial charge is 0.259 e. The van der Waals surface area contributed by atoms with Crippen molar-refractivity contribution in [1.29, 1.82) is 0 Å². The summed E-state index contributed by atoms with van der Waals surface area (Å²) in [5.74, 6) is 0.828. The van der Waals surface area contributed by atoms with Gasteiger partial charge in [0.05, 0.1) is 11.9 Å². The van der Waals surface area contributed by atoms with E-state index in [0.29, 0.717) is 19.6 Å². The van der Waals surface area contributed by atoms with Gasteiger partial charge in [0, 0.05) is 36.6 Å². The standard InChI is InChI=1S/C24H28N4O2S/c1-15-11-16(2)13-17(12-15)24(30)28-9-7-27(8-10-28)14-20-25-22(29)21-18-5-3-4-6-19(18)31-23(21)26-20/h11-13H,3-10,14H2,1-2H3,(H,25,26,29). The van der Waals surface area contributed by atoms with Crippen molar-refractivity contribution in [3.8, 4) is 0 Å². The minimum Gasteiger partial charge on any atom is -0.336 e. The number of hydrogen-bond acceptors (Lipinski definition) is 5. The molecule has 1 aliphatic heterocycles. The van der Waals surface area contributed by atoms with E-state index >= 15 is 0 Å². The maximum absolute atomic E-state index is 12.9. The quantitative estimate of drug-likeness (QED) is 0.683. The number of amides is 1. The van der Waals surface area contributed by atoms with Crippen LogP contribution in [0, 0.1) is 13.8 Å². The number of thiophene rings is 1. The Morgan fingerprint density at radius 1 is 1.06 bits per heavy atom. The highest BCUT2D eigenvalue weighted by atomic mass is 32.1. The normalized spacial score (nSPS) is 17.2. The first-order valence-corrected chi connectivity index (χ1v) is 11.9. The van der Waals surface area contributed by atoms with Crippen molar-refractivity contribution in [1.82, 2.24) is 19.8 Å². The van der Waals surface area contributed by atoms with Crippen molar-refractivity contribution in [3.63, 3.8) is 0 Å². The number of rotatable bonds is 3. The molecule has 5 rings (SSSR count). The van der Waals surface area contributed by atoms with Gasteiger partial charge in [-0.05, 0) is 57.2 Å². The molecule has 2 aromatic heterocycles. The molecule has 1 N–H and O–H groups in total. The van der Waals surface area contributed by atoms with Crippen LogP contribution < -0.4 is 5.56 Å². The average Bonchev–Trinajstić information content (AvgIpc) is 3.12. The number of aromatic amines is 1. The van der Waals surface area contributed by atoms with Crippen LogP contribution in [-0.2, 0) is 19.4 Å². The molecule has 0 saturated carbocycles. The largest absolute Gasteiger partial charge is 0.336 e. The molecule has 2 aliphatic rings. The molecule has 1 saturated heterocycles. The van der Waals surface area contributed by atoms with Crippen LogP contribution in [0.3, 0.4) is 0 Å². The van der Waals surface area contributed by atoms with Gasteiger partial charge in [0.15, 0.2) is 0 Å². The lowest BCUT2D eigenvalue weighted by atomic mass is 9.97. The molecule has 162 valence electrons. The molecular formula is C24H28N4O2S. The van der Waals surface area contributed by atoms with Crippen molar-refractivity contribution in [2.45, 2.75) is 46.1 Å². The topological polar surface area (TPSA) is 69.3 Å². The summed E-state index contributed by atoms with van der Waals surface area (Å²) in [6.07, 6.45) is 4.43. The third kappa shape index (κ3) is 4.04. The summed E-state index contributed by atoms with van der Waals surface area (Å²) in [6, 6.07) is 6.02. The van der Waals surface area contributed by atoms with Crippen LogP contribution in [0.25, 0.3) is 10.2 Å². The molecule has 1 amide bonds. The van der Waals surface area contributed by atoms with Crippen molar-refractivity contribution < 1.29 is 4.79 Å². The highest BCUT2D eigenvalue weighted by Crippen LogP contribution is 2.33. The zero-order chi connectivity index (χ0) is 21.5. The van der Waals surface area contributed by atoms with Crippen LogP contribution in [-0.4, -0.2) is 51.9 Å². The van der Waals surface area contributed by atoms with E-state index in [4.69, 9.17) is 4.98 Å². The maximum atomic E-state index is 12.9. The average molecular weight is 437 g/mol. The number of fused-ring (bicyclic) bond motifs is 3. The van der Waals surface area contributed by atoms with Gasteiger partial charge in [-0.2, -0.15) is 0 Å². The SMILES string of the molecule is Cc1cc(C)cc(C(=O)N2CCN(Cc3nc4sc5c(c4c(=O)[nH]3)CCCC5)CC2)c1. The molecule has 1 aliphatic carbocycles. The molecule has 0 spiro atoms. The lowest BCUT2D eigenvalue weighted by Gasteiger charge is -2.34. The summed E-state index contributed by atoms with van der Waals surface area (Å²) in [5.41, 5.74) is 4.22. The van der Waals surface area contributed by atoms with E-state index in [2.05, 4.69) is 16.0 Å². The molecular weight excluding hydrogens is 408 g/mol. The van der Waals surface area contributed by atoms with Crippen molar-refractivity contribution in [2.75, 3.05) is 26.2 Å². The fourth-order valence-electron chi connectivity index (χ4n) is 4.88. The van der Waals surface area contributed by atoms with Gasteiger partial charge >= 0.3 is 0 Å². The molecule has 0 bridgehead atoms. The molecule has 1 fully saturated rings. The van der Waals surface area contributed by atoms with E-state index in [1.807, 2.05) is 30.9 Å². The number of hydrogen-bond donors (Lipinski definition) is 1. The van der Waals surface area contributed by atoms with E-state index in [-0.39, 0.29) is 11.5 Å². The summed E-state index contributed by atoms with van der Waals surface area (Å²) in [5, 5.41) is 0.812. The van der Waals surface area contributed by atoms with Gasteiger partial charge in [-0.15, -0.1) is 11.3 Å². The van der Waals surface area contributed by atoms with Gasteiger partial charge in [0.1, 0.15) is 10.7 Å². The first-order chi connectivity index (χ1) is 15.0. The van der Waals surface area contributed by atoms with Crippen LogP contribution in [0.1, 0.15) is 50.6 Å². The van der Waals surface area contributed by atoms with E-state index in [0.717, 1.165) is 65.1 Å². The number of H-pyrrole nitrogens is 1. The van der Waals surface area contributed by atoms with Crippen LogP contribution in [0.4, 0.5) is 0 Å². The number of aryl methyl sites for hydroxylation is 4. The van der Waals surface area contributed by atoms with Crippen molar-refractivity contribution in [2.24, 2.45) is 0 Å². The Balaban J connectivity index is 1.27. The van der Waals surface area contributed by atoms with Gasteiger partial charge in [-0.3, -0.25) is 14.5 Å². The minimum absolute atomic E-state index is 0.00281. The van der Waals surface area contributed by atoms with Crippen LogP contribution in [0.5, 0.6) is 0 Å². The molecule has 31 heavy (non-hydrogen) atoms. The fourth-order valence-corrected chi connectivity index (χ4v) is 6.17. The van der Waals surface area contributed by atoms with Crippen molar-refractivity contribution >= 4 is 27.5 Å². The third-order valence-electron chi connectivity index (χ3n) is 6.38. The lowest BCUT2D eigenvalue weighted by Crippen LogP contribution is -2.48. The molecule has 6 nitrogen and oxygen atoms in total. The van der Waals surface area contributed by atoms with E-state index in [1.54, 1.807) is 11.3 Å². The summed E-state index contributed by atoms with van der Waals surface area (Å²) in [4.78, 5) is 39.9. The lowest BCUT2D eigenvalue weighted by molar-refractivity contribution is 0.0625. The monoisotopic (exact) mass is 436 g/mol. The molecule has 7 heteroatoms. The van der Waals surface area contributed by atoms with Gasteiger partial charge in [0.2, 0.25) is 0 Å². The molecule has 3 heterocycles. The zero-order valence-corrected chi connectivity index (χ0v) is 19.0. The summed E-state index contributed by atoms with van der Waals surface area (Å²) >= 11 is 1.69. The van der Waals surface area contributed by atoms with Crippen molar-refractivity contribution in [3.05, 3.63) is 61.5 Å². The first-order valence-electron chi connectivity index (χ1n) is 11.1. The number of piperazine rings is 1. The van der Waals surface area contributed by atoms with E-state index < -0.39 is 0 Å². The summed E-state index contributed by atoms with van der Waals surface area (Å²) in [6.45, 7) is 7.58. The van der Waals surface area contributed by atoms with Crippen LogP contribution in [0.2, 0.25) is 0 Å². The first kappa shape index (κ1) is 20.4. The maximum Gasteiger partial charge on any atom is 0.259 e. The number of nitrogens with zero attached hydrogens (tertiary/aromatic N) is 3. The summed E-state index contributed by atoms with van der Waals surface area (Å²) in [7, 11) is 0. The Morgan fingerprint density at radius 3 is 2.52 bits per heavy atom. The Morgan fingerprint density at radius 2 is 1.77 bits per heavy atom. The second-order valence-electron chi connectivity index (χ2n) is 8.85. The molecule has 3 aromatic rings. The van der Waals surface area contributed by atoms with Gasteiger partial charge in [0.25, 0.3) is 11.5 Å². The zero-order valence-electron chi connectivity index (χ0n) is 18.2. The second-order valence-corrected chi connectivity index (χ2v) is 9.93. The Hall–Kier alpha value is -2.51. The molecule has 0 radical (unpaired) electrons. The highest BCUT2D eigenvalue weighted by Gasteiger charge is 2.24. The Kier molecular flexibility index (Phi) is 5.40. The molecule has 0 unspecified atom stereocenters. The second kappa shape index (κ2) is 8.20. The predicted octanol–water partition coefficient (Wildman–Crippen LogP) is 3.44. The fraction of sp³-hybridized carbons (Fsp3) is 0.458. The van der Waals surface area contributed by atoms with Crippen LogP contribution >= 0.6 is 11.3 Å². The third-order valence-corrected chi connectivity index (χ3v) is 7.56. The van der Waals surface area contributed by atoms with Gasteiger partial charge in [-0.1, -0.05) is 17.2 Å². The van der Waals surface area contributed by atoms with E-state index in [1.165, 1.54) is 16.9 Å². The van der Waals surface area contributed by atoms with E-state index in [9.17, 15) is 9.59 Å².